The number of aliphatic imine (C=N–C) groups is 1. The third kappa shape index (κ3) is 5.27. The van der Waals surface area contributed by atoms with Gasteiger partial charge in [0.05, 0.1) is 20.3 Å². The van der Waals surface area contributed by atoms with Gasteiger partial charge in [-0.1, -0.05) is 12.1 Å². The van der Waals surface area contributed by atoms with Gasteiger partial charge in [0, 0.05) is 19.6 Å². The fourth-order valence-corrected chi connectivity index (χ4v) is 2.32. The minimum Gasteiger partial charge on any atom is -0.497 e. The van der Waals surface area contributed by atoms with Crippen LogP contribution in [0, 0.1) is 0 Å². The number of rotatable bonds is 6. The molecule has 1 aromatic carbocycles. The molecule has 0 bridgehead atoms. The van der Waals surface area contributed by atoms with Crippen LogP contribution in [0.3, 0.4) is 0 Å². The van der Waals surface area contributed by atoms with Gasteiger partial charge in [-0.15, -0.1) is 0 Å². The van der Waals surface area contributed by atoms with Crippen molar-refractivity contribution in [3.63, 3.8) is 0 Å². The molecule has 5 nitrogen and oxygen atoms in total. The summed E-state index contributed by atoms with van der Waals surface area (Å²) in [4.78, 5) is 6.54. The number of hydrogen-bond donors (Lipinski definition) is 1. The van der Waals surface area contributed by atoms with Crippen molar-refractivity contribution in [3.05, 3.63) is 29.8 Å². The molecule has 0 unspecified atom stereocenters. The Balaban J connectivity index is 1.64. The fraction of sp³-hybridized carbons (Fsp3) is 0.562. The van der Waals surface area contributed by atoms with Crippen LogP contribution in [0.25, 0.3) is 0 Å². The van der Waals surface area contributed by atoms with Crippen molar-refractivity contribution in [2.75, 3.05) is 40.0 Å². The summed E-state index contributed by atoms with van der Waals surface area (Å²) >= 11 is 0. The van der Waals surface area contributed by atoms with Gasteiger partial charge < -0.3 is 20.1 Å². The maximum absolute atomic E-state index is 5.98. The number of methoxy groups -OCH3 is 1. The van der Waals surface area contributed by atoms with Crippen LogP contribution in [0.4, 0.5) is 0 Å². The van der Waals surface area contributed by atoms with E-state index < -0.39 is 0 Å². The first-order valence-corrected chi connectivity index (χ1v) is 7.55. The van der Waals surface area contributed by atoms with E-state index in [0.717, 1.165) is 57.9 Å². The zero-order chi connectivity index (χ0) is 14.9. The highest BCUT2D eigenvalue weighted by molar-refractivity contribution is 5.78. The van der Waals surface area contributed by atoms with Crippen molar-refractivity contribution in [1.29, 1.82) is 0 Å². The SMILES string of the molecule is COc1ccc(CCCCN=C(N)N2CCOCC2)cc1. The minimum absolute atomic E-state index is 0.655. The Labute approximate surface area is 126 Å². The monoisotopic (exact) mass is 291 g/mol. The average molecular weight is 291 g/mol. The number of benzene rings is 1. The lowest BCUT2D eigenvalue weighted by molar-refractivity contribution is 0.0674. The number of morpholine rings is 1. The molecule has 1 saturated heterocycles. The molecule has 1 aliphatic rings. The van der Waals surface area contributed by atoms with E-state index in [9.17, 15) is 0 Å². The molecule has 21 heavy (non-hydrogen) atoms. The lowest BCUT2D eigenvalue weighted by atomic mass is 10.1. The van der Waals surface area contributed by atoms with Crippen molar-refractivity contribution < 1.29 is 9.47 Å². The first-order chi connectivity index (χ1) is 10.3. The topological polar surface area (TPSA) is 60.1 Å². The van der Waals surface area contributed by atoms with Crippen molar-refractivity contribution in [1.82, 2.24) is 4.90 Å². The van der Waals surface area contributed by atoms with Gasteiger partial charge in [0.1, 0.15) is 5.75 Å². The van der Waals surface area contributed by atoms with Gasteiger partial charge in [-0.3, -0.25) is 4.99 Å². The molecule has 0 atom stereocenters. The standard InChI is InChI=1S/C16H25N3O2/c1-20-15-7-5-14(6-8-15)4-2-3-9-18-16(17)19-10-12-21-13-11-19/h5-8H,2-4,9-13H2,1H3,(H2,17,18). The maximum Gasteiger partial charge on any atom is 0.191 e. The molecule has 5 heteroatoms. The highest BCUT2D eigenvalue weighted by atomic mass is 16.5. The molecule has 0 saturated carbocycles. The first-order valence-electron chi connectivity index (χ1n) is 7.55. The van der Waals surface area contributed by atoms with Crippen LogP contribution >= 0.6 is 0 Å². The minimum atomic E-state index is 0.655. The molecule has 1 aliphatic heterocycles. The molecule has 0 spiro atoms. The lowest BCUT2D eigenvalue weighted by Crippen LogP contribution is -2.44. The van der Waals surface area contributed by atoms with E-state index in [2.05, 4.69) is 22.0 Å². The molecular formula is C16H25N3O2. The van der Waals surface area contributed by atoms with E-state index in [1.165, 1.54) is 5.56 Å². The second kappa shape index (κ2) is 8.52. The molecule has 1 fully saturated rings. The fourth-order valence-electron chi connectivity index (χ4n) is 2.32. The molecule has 1 heterocycles. The summed E-state index contributed by atoms with van der Waals surface area (Å²) in [5.41, 5.74) is 7.31. The van der Waals surface area contributed by atoms with Crippen LogP contribution in [0.1, 0.15) is 18.4 Å². The first kappa shape index (κ1) is 15.6. The number of nitrogens with zero attached hydrogens (tertiary/aromatic N) is 2. The van der Waals surface area contributed by atoms with Crippen LogP contribution in [0.2, 0.25) is 0 Å². The van der Waals surface area contributed by atoms with Crippen molar-refractivity contribution in [2.45, 2.75) is 19.3 Å². The van der Waals surface area contributed by atoms with Gasteiger partial charge in [-0.25, -0.2) is 0 Å². The summed E-state index contributed by atoms with van der Waals surface area (Å²) in [6.07, 6.45) is 3.24. The van der Waals surface area contributed by atoms with Crippen molar-refractivity contribution in [3.8, 4) is 5.75 Å². The second-order valence-corrected chi connectivity index (χ2v) is 5.14. The number of aryl methyl sites for hydroxylation is 1. The van der Waals surface area contributed by atoms with Crippen LogP contribution in [0.15, 0.2) is 29.3 Å². The predicted molar refractivity (Wildman–Crippen MR) is 84.8 cm³/mol. The molecule has 0 radical (unpaired) electrons. The summed E-state index contributed by atoms with van der Waals surface area (Å²) in [5, 5.41) is 0. The van der Waals surface area contributed by atoms with Gasteiger partial charge in [0.15, 0.2) is 5.96 Å². The summed E-state index contributed by atoms with van der Waals surface area (Å²) in [6.45, 7) is 3.98. The summed E-state index contributed by atoms with van der Waals surface area (Å²) < 4.78 is 10.4. The predicted octanol–water partition coefficient (Wildman–Crippen LogP) is 1.66. The number of ether oxygens (including phenoxy) is 2. The average Bonchev–Trinajstić information content (AvgIpc) is 2.55. The highest BCUT2D eigenvalue weighted by Crippen LogP contribution is 2.13. The van der Waals surface area contributed by atoms with Crippen LogP contribution in [-0.2, 0) is 11.2 Å². The van der Waals surface area contributed by atoms with E-state index in [4.69, 9.17) is 15.2 Å². The molecule has 1 aromatic rings. The number of nitrogens with two attached hydrogens (primary N) is 1. The largest absolute Gasteiger partial charge is 0.497 e. The molecule has 2 rings (SSSR count). The van der Waals surface area contributed by atoms with Crippen molar-refractivity contribution in [2.24, 2.45) is 10.7 Å². The van der Waals surface area contributed by atoms with Crippen LogP contribution in [0.5, 0.6) is 5.75 Å². The zero-order valence-electron chi connectivity index (χ0n) is 12.8. The van der Waals surface area contributed by atoms with Gasteiger partial charge in [0.25, 0.3) is 0 Å². The Kier molecular flexibility index (Phi) is 6.34. The van der Waals surface area contributed by atoms with Crippen LogP contribution in [-0.4, -0.2) is 50.8 Å². The Hall–Kier alpha value is -1.75. The third-order valence-corrected chi connectivity index (χ3v) is 3.64. The Morgan fingerprint density at radius 2 is 1.95 bits per heavy atom. The van der Waals surface area contributed by atoms with Gasteiger partial charge in [0.2, 0.25) is 0 Å². The Morgan fingerprint density at radius 3 is 2.62 bits per heavy atom. The molecule has 0 amide bonds. The van der Waals surface area contributed by atoms with Gasteiger partial charge >= 0.3 is 0 Å². The molecule has 116 valence electrons. The van der Waals surface area contributed by atoms with Gasteiger partial charge in [-0.05, 0) is 37.0 Å². The van der Waals surface area contributed by atoms with E-state index >= 15 is 0 Å². The summed E-state index contributed by atoms with van der Waals surface area (Å²) in [6, 6.07) is 8.24. The highest BCUT2D eigenvalue weighted by Gasteiger charge is 2.11. The van der Waals surface area contributed by atoms with Crippen molar-refractivity contribution >= 4 is 5.96 Å². The lowest BCUT2D eigenvalue weighted by Gasteiger charge is -2.27. The van der Waals surface area contributed by atoms with E-state index in [-0.39, 0.29) is 0 Å². The maximum atomic E-state index is 5.98. The molecule has 0 aromatic heterocycles. The van der Waals surface area contributed by atoms with Gasteiger partial charge in [-0.2, -0.15) is 0 Å². The Morgan fingerprint density at radius 1 is 1.24 bits per heavy atom. The summed E-state index contributed by atoms with van der Waals surface area (Å²) in [7, 11) is 1.69. The van der Waals surface area contributed by atoms with Crippen LogP contribution < -0.4 is 10.5 Å². The Bertz CT molecular complexity index is 439. The normalized spacial score (nSPS) is 16.0. The number of guanidine groups is 1. The van der Waals surface area contributed by atoms with E-state index in [1.807, 2.05) is 12.1 Å². The van der Waals surface area contributed by atoms with E-state index in [1.54, 1.807) is 7.11 Å². The molecule has 0 aliphatic carbocycles. The zero-order valence-corrected chi connectivity index (χ0v) is 12.8. The summed E-state index contributed by atoms with van der Waals surface area (Å²) in [5.74, 6) is 1.56. The van der Waals surface area contributed by atoms with E-state index in [0.29, 0.717) is 5.96 Å². The molecular weight excluding hydrogens is 266 g/mol. The number of unbranched alkanes of at least 4 members (excludes halogenated alkanes) is 1. The molecule has 2 N–H and O–H groups in total. The smallest absolute Gasteiger partial charge is 0.191 e. The second-order valence-electron chi connectivity index (χ2n) is 5.14. The third-order valence-electron chi connectivity index (χ3n) is 3.64. The quantitative estimate of drug-likeness (QED) is 0.492. The number of hydrogen-bond acceptors (Lipinski definition) is 3.